The lowest BCUT2D eigenvalue weighted by Crippen LogP contribution is -2.28. The number of hydrogen-bond donors (Lipinski definition) is 3. The van der Waals surface area contributed by atoms with E-state index < -0.39 is 12.0 Å². The van der Waals surface area contributed by atoms with Crippen LogP contribution in [0.15, 0.2) is 103 Å². The van der Waals surface area contributed by atoms with E-state index in [1.807, 2.05) is 60.7 Å². The summed E-state index contributed by atoms with van der Waals surface area (Å²) < 4.78 is 24.1. The number of aromatic nitrogens is 1. The highest BCUT2D eigenvalue weighted by Gasteiger charge is 2.24. The molecule has 1 aromatic heterocycles. The summed E-state index contributed by atoms with van der Waals surface area (Å²) in [6.07, 6.45) is 1.71. The Morgan fingerprint density at radius 2 is 1.73 bits per heavy atom. The Balaban J connectivity index is 1.15. The van der Waals surface area contributed by atoms with Gasteiger partial charge < -0.3 is 29.0 Å². The number of carbonyl (C=O) groups is 1. The van der Waals surface area contributed by atoms with Crippen LogP contribution >= 0.6 is 11.6 Å². The molecule has 1 unspecified atom stereocenters. The van der Waals surface area contributed by atoms with Crippen molar-refractivity contribution in [2.24, 2.45) is 0 Å². The maximum Gasteiger partial charge on any atom is 0.325 e. The highest BCUT2D eigenvalue weighted by Crippen LogP contribution is 2.38. The number of H-pyrrole nitrogens is 1. The van der Waals surface area contributed by atoms with E-state index in [4.69, 9.17) is 30.5 Å². The molecule has 0 radical (unpaired) electrons. The predicted molar refractivity (Wildman–Crippen MR) is 194 cm³/mol. The van der Waals surface area contributed by atoms with Crippen molar-refractivity contribution >= 4 is 28.5 Å². The van der Waals surface area contributed by atoms with Gasteiger partial charge in [0.1, 0.15) is 44.0 Å². The van der Waals surface area contributed by atoms with Gasteiger partial charge in [0.15, 0.2) is 11.5 Å². The van der Waals surface area contributed by atoms with Gasteiger partial charge in [-0.05, 0) is 71.1 Å². The number of hydrogen-bond acceptors (Lipinski definition) is 7. The van der Waals surface area contributed by atoms with Crippen molar-refractivity contribution in [2.45, 2.75) is 32.7 Å². The number of nitrogens with one attached hydrogen (secondary N) is 2. The Morgan fingerprint density at radius 1 is 0.922 bits per heavy atom. The van der Waals surface area contributed by atoms with Crippen LogP contribution in [0.1, 0.15) is 39.4 Å². The maximum absolute atomic E-state index is 12.5. The van der Waals surface area contributed by atoms with Crippen LogP contribution < -0.4 is 24.3 Å². The number of halogens is 1. The van der Waals surface area contributed by atoms with Crippen LogP contribution in [0.4, 0.5) is 0 Å². The number of aromatic amines is 1. The van der Waals surface area contributed by atoms with Gasteiger partial charge >= 0.3 is 5.97 Å². The molecule has 6 aromatic rings. The Morgan fingerprint density at radius 3 is 2.57 bits per heavy atom. The molecule has 1 aliphatic heterocycles. The molecule has 3 N–H and O–H groups in total. The molecule has 1 atom stereocenters. The van der Waals surface area contributed by atoms with E-state index in [1.54, 1.807) is 36.5 Å². The summed E-state index contributed by atoms with van der Waals surface area (Å²) in [5.74, 6) is 1.33. The monoisotopic (exact) mass is 699 g/mol. The first kappa shape index (κ1) is 33.5. The molecule has 0 bridgehead atoms. The molecular formula is C41H34ClN3O6. The Bertz CT molecular complexity index is 2280. The first-order chi connectivity index (χ1) is 24.9. The van der Waals surface area contributed by atoms with E-state index in [0.717, 1.165) is 50.2 Å². The van der Waals surface area contributed by atoms with Crippen molar-refractivity contribution in [3.8, 4) is 40.2 Å². The molecule has 0 saturated carbocycles. The summed E-state index contributed by atoms with van der Waals surface area (Å²) in [7, 11) is 0. The smallest absolute Gasteiger partial charge is 0.325 e. The molecule has 0 amide bonds. The minimum atomic E-state index is -1.02. The largest absolute Gasteiger partial charge is 0.488 e. The van der Waals surface area contributed by atoms with E-state index in [1.165, 1.54) is 0 Å². The van der Waals surface area contributed by atoms with Gasteiger partial charge in [0.25, 0.3) is 0 Å². The molecule has 0 spiro atoms. The maximum atomic E-state index is 12.5. The summed E-state index contributed by atoms with van der Waals surface area (Å²) in [4.78, 5) is 15.6. The average molecular weight is 700 g/mol. The SMILES string of the molecule is Cc1c(COc2cc(OCc3cccc(C#N)c3)c(CNC(C(=O)O)c3c[nH]c4ccccc34)cc2Cl)cccc1-c1ccc2c(c1)OCCO2. The van der Waals surface area contributed by atoms with Crippen molar-refractivity contribution in [3.63, 3.8) is 0 Å². The zero-order valence-electron chi connectivity index (χ0n) is 27.7. The summed E-state index contributed by atoms with van der Waals surface area (Å²) in [6, 6.07) is 31.4. The van der Waals surface area contributed by atoms with Crippen LogP contribution in [0, 0.1) is 18.3 Å². The fourth-order valence-corrected chi connectivity index (χ4v) is 6.49. The molecule has 0 fully saturated rings. The van der Waals surface area contributed by atoms with E-state index >= 15 is 0 Å². The molecule has 2 heterocycles. The lowest BCUT2D eigenvalue weighted by molar-refractivity contribution is -0.139. The van der Waals surface area contributed by atoms with Gasteiger partial charge in [-0.15, -0.1) is 0 Å². The molecule has 9 nitrogen and oxygen atoms in total. The van der Waals surface area contributed by atoms with Gasteiger partial charge in [0.05, 0.1) is 16.7 Å². The Kier molecular flexibility index (Phi) is 9.79. The third-order valence-electron chi connectivity index (χ3n) is 8.92. The van der Waals surface area contributed by atoms with E-state index in [9.17, 15) is 15.2 Å². The van der Waals surface area contributed by atoms with Crippen molar-refractivity contribution in [1.82, 2.24) is 10.3 Å². The summed E-state index contributed by atoms with van der Waals surface area (Å²) in [5, 5.41) is 23.9. The third-order valence-corrected chi connectivity index (χ3v) is 9.22. The molecule has 1 aliphatic rings. The summed E-state index contributed by atoms with van der Waals surface area (Å²) in [5.41, 5.74) is 7.53. The van der Waals surface area contributed by atoms with Gasteiger partial charge in [-0.2, -0.15) is 5.26 Å². The number of carboxylic acids is 1. The van der Waals surface area contributed by atoms with E-state index in [0.29, 0.717) is 46.4 Å². The number of para-hydroxylation sites is 1. The number of ether oxygens (including phenoxy) is 4. The minimum Gasteiger partial charge on any atom is -0.488 e. The average Bonchev–Trinajstić information content (AvgIpc) is 3.58. The van der Waals surface area contributed by atoms with Gasteiger partial charge in [-0.3, -0.25) is 10.1 Å². The van der Waals surface area contributed by atoms with Crippen molar-refractivity contribution in [2.75, 3.05) is 13.2 Å². The second-order valence-corrected chi connectivity index (χ2v) is 12.6. The van der Waals surface area contributed by atoms with Gasteiger partial charge in [-0.25, -0.2) is 0 Å². The lowest BCUT2D eigenvalue weighted by atomic mass is 9.96. The number of carboxylic acid groups (broad SMARTS) is 1. The quantitative estimate of drug-likeness (QED) is 0.116. The van der Waals surface area contributed by atoms with Crippen LogP contribution in [-0.4, -0.2) is 29.3 Å². The number of benzene rings is 5. The van der Waals surface area contributed by atoms with Crippen LogP contribution in [0.2, 0.25) is 5.02 Å². The Hall–Kier alpha value is -5.95. The fraction of sp³-hybridized carbons (Fsp3) is 0.171. The second kappa shape index (κ2) is 14.9. The van der Waals surface area contributed by atoms with Gasteiger partial charge in [-0.1, -0.05) is 66.2 Å². The molecular weight excluding hydrogens is 666 g/mol. The predicted octanol–water partition coefficient (Wildman–Crippen LogP) is 8.51. The zero-order valence-corrected chi connectivity index (χ0v) is 28.5. The van der Waals surface area contributed by atoms with Crippen LogP contribution in [0.3, 0.4) is 0 Å². The summed E-state index contributed by atoms with van der Waals surface area (Å²) >= 11 is 6.82. The van der Waals surface area contributed by atoms with Crippen LogP contribution in [-0.2, 0) is 24.6 Å². The van der Waals surface area contributed by atoms with Crippen LogP contribution in [0.25, 0.3) is 22.0 Å². The lowest BCUT2D eigenvalue weighted by Gasteiger charge is -2.20. The Labute approximate surface area is 299 Å². The minimum absolute atomic E-state index is 0.140. The number of rotatable bonds is 12. The fourth-order valence-electron chi connectivity index (χ4n) is 6.24. The van der Waals surface area contributed by atoms with Gasteiger partial charge in [0, 0.05) is 40.8 Å². The summed E-state index contributed by atoms with van der Waals surface area (Å²) in [6.45, 7) is 3.66. The topological polar surface area (TPSA) is 126 Å². The second-order valence-electron chi connectivity index (χ2n) is 12.2. The number of nitriles is 1. The molecule has 10 heteroatoms. The van der Waals surface area contributed by atoms with Gasteiger partial charge in [0.2, 0.25) is 0 Å². The molecule has 51 heavy (non-hydrogen) atoms. The molecule has 0 aliphatic carbocycles. The van der Waals surface area contributed by atoms with Crippen molar-refractivity contribution < 1.29 is 28.8 Å². The van der Waals surface area contributed by atoms with E-state index in [2.05, 4.69) is 29.4 Å². The highest BCUT2D eigenvalue weighted by atomic mass is 35.5. The van der Waals surface area contributed by atoms with Crippen molar-refractivity contribution in [1.29, 1.82) is 5.26 Å². The number of nitrogens with zero attached hydrogens (tertiary/aromatic N) is 1. The third kappa shape index (κ3) is 7.33. The first-order valence-corrected chi connectivity index (χ1v) is 16.8. The number of fused-ring (bicyclic) bond motifs is 2. The molecule has 7 rings (SSSR count). The molecule has 5 aromatic carbocycles. The highest BCUT2D eigenvalue weighted by molar-refractivity contribution is 6.32. The van der Waals surface area contributed by atoms with Crippen LogP contribution in [0.5, 0.6) is 23.0 Å². The van der Waals surface area contributed by atoms with E-state index in [-0.39, 0.29) is 19.8 Å². The zero-order chi connectivity index (χ0) is 35.3. The normalized spacial score (nSPS) is 12.6. The number of aliphatic carboxylic acids is 1. The molecule has 0 saturated heterocycles. The molecule has 256 valence electrons. The van der Waals surface area contributed by atoms with Crippen molar-refractivity contribution in [3.05, 3.63) is 142 Å². The first-order valence-electron chi connectivity index (χ1n) is 16.5. The standard InChI is InChI=1S/C41H34ClN3O6/c1-25-29(8-5-10-31(25)28-12-13-36-39(18-28)49-15-14-48-36)24-51-38-19-37(50-23-27-7-4-6-26(16-27)20-43)30(17-34(38)42)21-45-40(41(46)47)33-22-44-35-11-3-2-9-32(33)35/h2-13,16-19,22,40,44-45H,14-15,21,23-24H2,1H3,(H,46,47).